The van der Waals surface area contributed by atoms with E-state index in [1.165, 1.54) is 0 Å². The molecule has 0 amide bonds. The van der Waals surface area contributed by atoms with Gasteiger partial charge in [-0.05, 0) is 42.9 Å². The topological polar surface area (TPSA) is 0 Å². The monoisotopic (exact) mass is 122 g/mol. The van der Waals surface area contributed by atoms with E-state index in [1.807, 2.05) is 0 Å². The summed E-state index contributed by atoms with van der Waals surface area (Å²) in [7, 11) is 0. The maximum absolute atomic E-state index is 1.62. The van der Waals surface area contributed by atoms with Gasteiger partial charge in [-0.2, -0.15) is 0 Å². The van der Waals surface area contributed by atoms with E-state index >= 15 is 0 Å². The van der Waals surface area contributed by atoms with Gasteiger partial charge >= 0.3 is 0 Å². The summed E-state index contributed by atoms with van der Waals surface area (Å²) >= 11 is 0. The zero-order valence-electron chi connectivity index (χ0n) is 5.95. The number of hydrogen-bond acceptors (Lipinski definition) is 0. The average molecular weight is 122 g/mol. The van der Waals surface area contributed by atoms with Gasteiger partial charge in [0, 0.05) is 0 Å². The third-order valence-electron chi connectivity index (χ3n) is 4.32. The molecule has 0 aromatic rings. The lowest BCUT2D eigenvalue weighted by Gasteiger charge is -2.39. The van der Waals surface area contributed by atoms with Crippen molar-refractivity contribution in [3.63, 3.8) is 0 Å². The summed E-state index contributed by atoms with van der Waals surface area (Å²) in [4.78, 5) is 0. The van der Waals surface area contributed by atoms with E-state index in [2.05, 4.69) is 0 Å². The summed E-state index contributed by atoms with van der Waals surface area (Å²) in [5.41, 5.74) is 1.93. The molecule has 9 heavy (non-hydrogen) atoms. The van der Waals surface area contributed by atoms with Crippen molar-refractivity contribution in [2.45, 2.75) is 44.9 Å². The summed E-state index contributed by atoms with van der Waals surface area (Å²) in [6.45, 7) is 0. The van der Waals surface area contributed by atoms with Crippen molar-refractivity contribution in [1.29, 1.82) is 0 Å². The third kappa shape index (κ3) is 0.342. The molecule has 0 saturated heterocycles. The molecule has 3 aliphatic carbocycles. The van der Waals surface area contributed by atoms with Crippen LogP contribution in [0.25, 0.3) is 0 Å². The highest BCUT2D eigenvalue weighted by atomic mass is 14.8. The normalized spacial score (nSPS) is 61.3. The van der Waals surface area contributed by atoms with Gasteiger partial charge in [0.1, 0.15) is 0 Å². The first kappa shape index (κ1) is 4.76. The highest BCUT2D eigenvalue weighted by Crippen LogP contribution is 2.83. The highest BCUT2D eigenvalue weighted by Gasteiger charge is 2.72. The Kier molecular flexibility index (Phi) is 0.574. The molecule has 0 bridgehead atoms. The second-order valence-corrected chi connectivity index (χ2v) is 4.44. The predicted octanol–water partition coefficient (Wildman–Crippen LogP) is 2.73. The lowest BCUT2D eigenvalue weighted by atomic mass is 9.66. The Bertz CT molecular complexity index is 135. The van der Waals surface area contributed by atoms with Crippen LogP contribution >= 0.6 is 0 Å². The maximum Gasteiger partial charge on any atom is -0.0235 e. The van der Waals surface area contributed by atoms with Gasteiger partial charge in [-0.1, -0.05) is 12.8 Å². The van der Waals surface area contributed by atoms with Gasteiger partial charge in [-0.3, -0.25) is 0 Å². The fourth-order valence-electron chi connectivity index (χ4n) is 3.50. The second kappa shape index (κ2) is 1.09. The lowest BCUT2D eigenvalue weighted by Crippen LogP contribution is -2.28. The molecule has 0 N–H and O–H groups in total. The summed E-state index contributed by atoms with van der Waals surface area (Å²) in [6, 6.07) is 0. The molecular weight excluding hydrogens is 108 g/mol. The molecule has 3 fully saturated rings. The van der Waals surface area contributed by atoms with Crippen LogP contribution in [-0.4, -0.2) is 0 Å². The Morgan fingerprint density at radius 1 is 0.667 bits per heavy atom. The Hall–Kier alpha value is 0. The fraction of sp³-hybridized carbons (Fsp3) is 1.00. The summed E-state index contributed by atoms with van der Waals surface area (Å²) in [6.07, 6.45) is 11.1. The smallest absolute Gasteiger partial charge is 0.0235 e. The first-order chi connectivity index (χ1) is 4.37. The minimum Gasteiger partial charge on any atom is -0.0527 e. The largest absolute Gasteiger partial charge is 0.0527 e. The SMILES string of the molecule is C1CCC23CCC2(C1)C3. The van der Waals surface area contributed by atoms with Crippen LogP contribution in [0.3, 0.4) is 0 Å². The zero-order chi connectivity index (χ0) is 5.95. The molecule has 0 aromatic heterocycles. The van der Waals surface area contributed by atoms with E-state index in [1.54, 1.807) is 44.9 Å². The molecule has 3 rings (SSSR count). The van der Waals surface area contributed by atoms with Crippen molar-refractivity contribution >= 4 is 0 Å². The third-order valence-corrected chi connectivity index (χ3v) is 4.32. The predicted molar refractivity (Wildman–Crippen MR) is 37.2 cm³/mol. The van der Waals surface area contributed by atoms with Gasteiger partial charge in [0.05, 0.1) is 0 Å². The second-order valence-electron chi connectivity index (χ2n) is 4.44. The van der Waals surface area contributed by atoms with Gasteiger partial charge in [-0.25, -0.2) is 0 Å². The van der Waals surface area contributed by atoms with E-state index in [-0.39, 0.29) is 0 Å². The summed E-state index contributed by atoms with van der Waals surface area (Å²) in [5.74, 6) is 0. The van der Waals surface area contributed by atoms with Crippen molar-refractivity contribution in [3.05, 3.63) is 0 Å². The molecule has 0 radical (unpaired) electrons. The van der Waals surface area contributed by atoms with Crippen LogP contribution in [0.1, 0.15) is 44.9 Å². The van der Waals surface area contributed by atoms with Gasteiger partial charge in [0.15, 0.2) is 0 Å². The molecule has 2 atom stereocenters. The minimum atomic E-state index is 0.964. The zero-order valence-corrected chi connectivity index (χ0v) is 5.95. The van der Waals surface area contributed by atoms with Crippen molar-refractivity contribution in [1.82, 2.24) is 0 Å². The summed E-state index contributed by atoms with van der Waals surface area (Å²) in [5, 5.41) is 0. The summed E-state index contributed by atoms with van der Waals surface area (Å²) < 4.78 is 0. The van der Waals surface area contributed by atoms with Crippen LogP contribution in [0.4, 0.5) is 0 Å². The van der Waals surface area contributed by atoms with Gasteiger partial charge in [0.25, 0.3) is 0 Å². The minimum absolute atomic E-state index is 0.964. The molecule has 50 valence electrons. The molecular formula is C9H14. The molecule has 0 nitrogen and oxygen atoms in total. The lowest BCUT2D eigenvalue weighted by molar-refractivity contribution is 0.115. The van der Waals surface area contributed by atoms with Crippen molar-refractivity contribution in [2.24, 2.45) is 10.8 Å². The van der Waals surface area contributed by atoms with Crippen LogP contribution in [-0.2, 0) is 0 Å². The van der Waals surface area contributed by atoms with Gasteiger partial charge in [-0.15, -0.1) is 0 Å². The van der Waals surface area contributed by atoms with E-state index in [0.29, 0.717) is 0 Å². The Balaban J connectivity index is 1.95. The van der Waals surface area contributed by atoms with E-state index in [0.717, 1.165) is 10.8 Å². The maximum atomic E-state index is 1.62. The van der Waals surface area contributed by atoms with Crippen molar-refractivity contribution in [3.8, 4) is 0 Å². The molecule has 0 spiro atoms. The molecule has 0 aliphatic heterocycles. The fourth-order valence-corrected chi connectivity index (χ4v) is 3.50. The van der Waals surface area contributed by atoms with Crippen LogP contribution in [0.2, 0.25) is 0 Å². The van der Waals surface area contributed by atoms with Crippen LogP contribution in [0, 0.1) is 10.8 Å². The first-order valence-corrected chi connectivity index (χ1v) is 4.37. The van der Waals surface area contributed by atoms with E-state index in [4.69, 9.17) is 0 Å². The Labute approximate surface area is 56.6 Å². The molecule has 0 aromatic carbocycles. The highest BCUT2D eigenvalue weighted by molar-refractivity contribution is 5.22. The number of rotatable bonds is 0. The van der Waals surface area contributed by atoms with Crippen LogP contribution < -0.4 is 0 Å². The quantitative estimate of drug-likeness (QED) is 0.463. The Morgan fingerprint density at radius 2 is 1.22 bits per heavy atom. The van der Waals surface area contributed by atoms with Crippen LogP contribution in [0.15, 0.2) is 0 Å². The molecule has 0 heterocycles. The van der Waals surface area contributed by atoms with E-state index in [9.17, 15) is 0 Å². The van der Waals surface area contributed by atoms with Crippen molar-refractivity contribution < 1.29 is 0 Å². The molecule has 2 unspecified atom stereocenters. The van der Waals surface area contributed by atoms with Gasteiger partial charge < -0.3 is 0 Å². The van der Waals surface area contributed by atoms with Crippen LogP contribution in [0.5, 0.6) is 0 Å². The van der Waals surface area contributed by atoms with E-state index < -0.39 is 0 Å². The van der Waals surface area contributed by atoms with Crippen molar-refractivity contribution in [2.75, 3.05) is 0 Å². The first-order valence-electron chi connectivity index (χ1n) is 4.37. The Morgan fingerprint density at radius 3 is 1.56 bits per heavy atom. The molecule has 0 heteroatoms. The standard InChI is InChI=1S/C9H14/c1-2-4-9-6-5-8(9,3-1)7-9/h1-7H2. The molecule has 3 saturated carbocycles. The van der Waals surface area contributed by atoms with Gasteiger partial charge in [0.2, 0.25) is 0 Å². The number of hydrogen-bond donors (Lipinski definition) is 0. The molecule has 3 aliphatic rings. The average Bonchev–Trinajstić information content (AvgIpc) is 2.40.